The van der Waals surface area contributed by atoms with Gasteiger partial charge in [-0.3, -0.25) is 23.8 Å². The molecule has 4 atom stereocenters. The number of nitrogens with one attached hydrogen (secondary N) is 4. The van der Waals surface area contributed by atoms with Crippen molar-refractivity contribution in [3.8, 4) is 23.7 Å². The number of benzene rings is 6. The minimum absolute atomic E-state index is 0.0867. The number of aliphatic hydroxyl groups is 1. The summed E-state index contributed by atoms with van der Waals surface area (Å²) in [5, 5.41) is 21.2. The Kier molecular flexibility index (Phi) is 18.5. The van der Waals surface area contributed by atoms with Crippen LogP contribution in [0, 0.1) is 37.5 Å². The molecular formula is C62H63N6O9P. The number of carbonyl (C=O) groups is 2. The van der Waals surface area contributed by atoms with E-state index < -0.39 is 26.0 Å². The van der Waals surface area contributed by atoms with E-state index >= 15 is 0 Å². The molecule has 8 aromatic rings. The molecule has 400 valence electrons. The van der Waals surface area contributed by atoms with Gasteiger partial charge in [-0.05, 0) is 110 Å². The lowest BCUT2D eigenvalue weighted by Gasteiger charge is -2.22. The third kappa shape index (κ3) is 15.3. The second-order valence-electron chi connectivity index (χ2n) is 19.5. The number of hydrogen-bond acceptors (Lipinski definition) is 9. The topological polar surface area (TPSA) is 202 Å². The van der Waals surface area contributed by atoms with Crippen LogP contribution in [0.5, 0.6) is 0 Å². The molecular weight excluding hydrogens is 1000 g/mol. The fourth-order valence-corrected chi connectivity index (χ4v) is 9.73. The average Bonchev–Trinajstić information content (AvgIpc) is 4.29. The summed E-state index contributed by atoms with van der Waals surface area (Å²) in [7, 11) is -4.67. The minimum atomic E-state index is -4.67. The number of rotatable bonds is 16. The smallest absolute Gasteiger partial charge is 0.394 e. The number of aryl methyl sites for hydroxylation is 2. The van der Waals surface area contributed by atoms with Crippen LogP contribution < -0.4 is 10.6 Å². The van der Waals surface area contributed by atoms with Gasteiger partial charge >= 0.3 is 7.82 Å². The molecule has 0 aliphatic carbocycles. The quantitative estimate of drug-likeness (QED) is 0.0363. The first-order valence-corrected chi connectivity index (χ1v) is 27.5. The molecule has 4 heterocycles. The number of phosphoric acid groups is 1. The van der Waals surface area contributed by atoms with E-state index in [2.05, 4.69) is 73.9 Å². The van der Waals surface area contributed by atoms with Crippen LogP contribution in [0.15, 0.2) is 158 Å². The number of amides is 2. The van der Waals surface area contributed by atoms with Crippen LogP contribution in [0.3, 0.4) is 0 Å². The lowest BCUT2D eigenvalue weighted by molar-refractivity contribution is -0.181. The largest absolute Gasteiger partial charge is 0.469 e. The fraction of sp³-hybridized carbons (Fsp3) is 0.258. The summed E-state index contributed by atoms with van der Waals surface area (Å²) in [6.45, 7) is 5.36. The normalized spacial score (nSPS) is 17.4. The lowest BCUT2D eigenvalue weighted by Crippen LogP contribution is -2.43. The van der Waals surface area contributed by atoms with E-state index in [1.165, 1.54) is 22.1 Å². The molecule has 2 amide bonds. The number of fused-ring (bicyclic) bond motifs is 2. The van der Waals surface area contributed by atoms with Gasteiger partial charge in [0.1, 0.15) is 24.3 Å². The first-order valence-electron chi connectivity index (χ1n) is 26.0. The summed E-state index contributed by atoms with van der Waals surface area (Å²) in [6.07, 6.45) is 4.96. The van der Waals surface area contributed by atoms with Crippen molar-refractivity contribution in [2.24, 2.45) is 0 Å². The van der Waals surface area contributed by atoms with Crippen LogP contribution in [-0.4, -0.2) is 97.4 Å². The van der Waals surface area contributed by atoms with E-state index in [-0.39, 0.29) is 37.6 Å². The number of H-pyrrole nitrogens is 2. The van der Waals surface area contributed by atoms with Gasteiger partial charge in [0.2, 0.25) is 11.8 Å². The summed E-state index contributed by atoms with van der Waals surface area (Å²) in [5.41, 5.74) is 12.4. The Balaban J connectivity index is 0.000000191. The molecule has 7 N–H and O–H groups in total. The first kappa shape index (κ1) is 55.1. The highest BCUT2D eigenvalue weighted by Crippen LogP contribution is 2.37. The third-order valence-corrected chi connectivity index (χ3v) is 14.1. The number of hydroxylamine groups is 4. The first-order chi connectivity index (χ1) is 37.8. The SMILES string of the molecule is Cc1ccc(C#Cc2ccc(CN3OC(CO)CC3C(=O)NCCc3c[nH]c4ccccc34)cc2)cc1.Cc1ccc(C#Cc2ccc(CN3OC(COP(=O)(O)O)CC3C(=O)NCCc3c[nH]c4ccccc34)cc2)cc1. The molecule has 2 fully saturated rings. The maximum Gasteiger partial charge on any atom is 0.469 e. The van der Waals surface area contributed by atoms with Crippen molar-refractivity contribution in [1.29, 1.82) is 0 Å². The van der Waals surface area contributed by atoms with Crippen molar-refractivity contribution in [2.75, 3.05) is 26.3 Å². The number of carbonyl (C=O) groups excluding carboxylic acids is 2. The van der Waals surface area contributed by atoms with Crippen LogP contribution >= 0.6 is 7.82 Å². The number of aliphatic hydroxyl groups excluding tert-OH is 1. The molecule has 2 saturated heterocycles. The molecule has 4 unspecified atom stereocenters. The molecule has 0 saturated carbocycles. The van der Waals surface area contributed by atoms with Gasteiger partial charge in [0.05, 0.1) is 26.3 Å². The Bertz CT molecular complexity index is 3480. The zero-order valence-electron chi connectivity index (χ0n) is 43.5. The summed E-state index contributed by atoms with van der Waals surface area (Å²) in [6, 6.07) is 46.8. The van der Waals surface area contributed by atoms with Crippen molar-refractivity contribution in [3.05, 3.63) is 214 Å². The number of phosphoric ester groups is 1. The third-order valence-electron chi connectivity index (χ3n) is 13.6. The van der Waals surface area contributed by atoms with Gasteiger partial charge < -0.3 is 35.5 Å². The summed E-state index contributed by atoms with van der Waals surface area (Å²) in [4.78, 5) is 62.8. The van der Waals surface area contributed by atoms with Gasteiger partial charge in [0, 0.05) is 82.4 Å². The molecule has 2 aromatic heterocycles. The highest BCUT2D eigenvalue weighted by atomic mass is 31.2. The van der Waals surface area contributed by atoms with Crippen LogP contribution in [0.25, 0.3) is 21.8 Å². The maximum absolute atomic E-state index is 13.2. The van der Waals surface area contributed by atoms with Crippen LogP contribution in [-0.2, 0) is 54.3 Å². The van der Waals surface area contributed by atoms with Gasteiger partial charge in [-0.1, -0.05) is 120 Å². The van der Waals surface area contributed by atoms with Crippen molar-refractivity contribution in [3.63, 3.8) is 0 Å². The van der Waals surface area contributed by atoms with Gasteiger partial charge in [-0.15, -0.1) is 0 Å². The Labute approximate surface area is 454 Å². The Morgan fingerprint density at radius 2 is 0.974 bits per heavy atom. The van der Waals surface area contributed by atoms with E-state index in [1.54, 1.807) is 10.1 Å². The van der Waals surface area contributed by atoms with Crippen LogP contribution in [0.4, 0.5) is 0 Å². The van der Waals surface area contributed by atoms with E-state index in [9.17, 15) is 19.3 Å². The van der Waals surface area contributed by atoms with Crippen molar-refractivity contribution < 1.29 is 43.2 Å². The molecule has 0 bridgehead atoms. The molecule has 15 nitrogen and oxygen atoms in total. The Hall–Kier alpha value is -7.63. The van der Waals surface area contributed by atoms with Crippen LogP contribution in [0.1, 0.15) is 68.5 Å². The van der Waals surface area contributed by atoms with E-state index in [4.69, 9.17) is 19.5 Å². The standard InChI is InChI=1S/C31H32N3O6P.C31H31N3O3/c1-22-6-8-23(9-7-22)10-11-24-12-14-25(15-13-24)20-34-30(18-27(40-34)21-39-41(36,37)38)31(35)32-17-16-26-19-33-29-5-3-2-4-28(26)29;1-22-6-8-23(9-7-22)10-11-24-12-14-25(15-13-24)20-34-30(18-27(21-35)37-34)31(36)32-17-16-26-19-33-29-5-3-2-4-28(26)29/h2-9,12-15,19,27,30,33H,16-18,20-21H2,1H3,(H,32,35)(H2,36,37,38);2-9,12-15,19,27,30,33,35H,16-18,20-21H2,1H3,(H,32,36). The maximum atomic E-state index is 13.2. The summed E-state index contributed by atoms with van der Waals surface area (Å²) < 4.78 is 15.9. The predicted octanol–water partition coefficient (Wildman–Crippen LogP) is 8.32. The summed E-state index contributed by atoms with van der Waals surface area (Å²) >= 11 is 0. The Morgan fingerprint density at radius 3 is 1.38 bits per heavy atom. The number of aromatic nitrogens is 2. The predicted molar refractivity (Wildman–Crippen MR) is 300 cm³/mol. The molecule has 16 heteroatoms. The van der Waals surface area contributed by atoms with Crippen molar-refractivity contribution in [2.45, 2.75) is 76.9 Å². The highest BCUT2D eigenvalue weighted by Gasteiger charge is 2.40. The average molecular weight is 1070 g/mol. The minimum Gasteiger partial charge on any atom is -0.394 e. The van der Waals surface area contributed by atoms with E-state index in [0.717, 1.165) is 61.8 Å². The molecule has 10 rings (SSSR count). The van der Waals surface area contributed by atoms with Gasteiger partial charge in [-0.25, -0.2) is 4.57 Å². The molecule has 0 spiro atoms. The molecule has 0 radical (unpaired) electrons. The number of hydrogen-bond donors (Lipinski definition) is 7. The van der Waals surface area contributed by atoms with Crippen molar-refractivity contribution >= 4 is 41.4 Å². The number of nitrogens with zero attached hydrogens (tertiary/aromatic N) is 2. The second kappa shape index (κ2) is 26.1. The lowest BCUT2D eigenvalue weighted by atomic mass is 10.1. The van der Waals surface area contributed by atoms with Crippen molar-refractivity contribution in [1.82, 2.24) is 30.7 Å². The monoisotopic (exact) mass is 1070 g/mol. The Morgan fingerprint density at radius 1 is 0.590 bits per heavy atom. The van der Waals surface area contributed by atoms with Gasteiger partial charge in [0.15, 0.2) is 0 Å². The highest BCUT2D eigenvalue weighted by molar-refractivity contribution is 7.46. The zero-order chi connectivity index (χ0) is 54.4. The van der Waals surface area contributed by atoms with Gasteiger partial charge in [0.25, 0.3) is 0 Å². The second-order valence-corrected chi connectivity index (χ2v) is 20.7. The fourth-order valence-electron chi connectivity index (χ4n) is 9.37. The van der Waals surface area contributed by atoms with E-state index in [1.807, 2.05) is 147 Å². The summed E-state index contributed by atoms with van der Waals surface area (Å²) in [5.74, 6) is 12.4. The molecule has 2 aliphatic rings. The number of aromatic amines is 2. The van der Waals surface area contributed by atoms with Crippen LogP contribution in [0.2, 0.25) is 0 Å². The zero-order valence-corrected chi connectivity index (χ0v) is 44.4. The molecule has 78 heavy (non-hydrogen) atoms. The van der Waals surface area contributed by atoms with E-state index in [0.29, 0.717) is 39.0 Å². The molecule has 2 aliphatic heterocycles. The molecule has 6 aromatic carbocycles. The number of para-hydroxylation sites is 2. The van der Waals surface area contributed by atoms with Gasteiger partial charge in [-0.2, -0.15) is 10.1 Å².